The second-order valence-corrected chi connectivity index (χ2v) is 7.78. The molecular weight excluding hydrogens is 412 g/mol. The van der Waals surface area contributed by atoms with Crippen molar-refractivity contribution in [2.24, 2.45) is 0 Å². The zero-order valence-corrected chi connectivity index (χ0v) is 18.7. The zero-order valence-electron chi connectivity index (χ0n) is 18.7. The van der Waals surface area contributed by atoms with Crippen LogP contribution in [0.3, 0.4) is 0 Å². The number of ether oxygens (including phenoxy) is 2. The SMILES string of the molecule is COc1cccc(OC)c1/C(O)=C1\C(=O)C(=O)N(CCCN(C)C)C1c1cccc(O)c1. The van der Waals surface area contributed by atoms with Crippen molar-refractivity contribution in [2.45, 2.75) is 12.5 Å². The first-order valence-electron chi connectivity index (χ1n) is 10.2. The molecule has 2 aromatic carbocycles. The number of phenolic OH excluding ortho intramolecular Hbond substituents is 1. The molecule has 1 heterocycles. The van der Waals surface area contributed by atoms with Crippen molar-refractivity contribution in [1.82, 2.24) is 9.80 Å². The molecule has 1 aliphatic heterocycles. The molecule has 0 spiro atoms. The quantitative estimate of drug-likeness (QED) is 0.370. The van der Waals surface area contributed by atoms with E-state index in [1.54, 1.807) is 30.3 Å². The maximum Gasteiger partial charge on any atom is 0.295 e. The topological polar surface area (TPSA) is 99.5 Å². The fraction of sp³-hybridized carbons (Fsp3) is 0.333. The summed E-state index contributed by atoms with van der Waals surface area (Å²) in [6, 6.07) is 10.4. The standard InChI is InChI=1S/C24H28N2O6/c1-25(2)12-7-13-26-21(15-8-5-9-16(27)14-15)20(23(29)24(26)30)22(28)19-17(31-3)10-6-11-18(19)32-4/h5-6,8-11,14,21,27-28H,7,12-13H2,1-4H3/b22-20+. The lowest BCUT2D eigenvalue weighted by atomic mass is 9.94. The Morgan fingerprint density at radius 1 is 1.06 bits per heavy atom. The predicted octanol–water partition coefficient (Wildman–Crippen LogP) is 2.78. The lowest BCUT2D eigenvalue weighted by Gasteiger charge is -2.26. The number of carbonyl (C=O) groups is 2. The summed E-state index contributed by atoms with van der Waals surface area (Å²) < 4.78 is 10.8. The van der Waals surface area contributed by atoms with Crippen LogP contribution in [0.4, 0.5) is 0 Å². The van der Waals surface area contributed by atoms with E-state index >= 15 is 0 Å². The van der Waals surface area contributed by atoms with Gasteiger partial charge in [0.15, 0.2) is 0 Å². The lowest BCUT2D eigenvalue weighted by molar-refractivity contribution is -0.139. The van der Waals surface area contributed by atoms with E-state index in [0.717, 1.165) is 6.54 Å². The molecule has 3 rings (SSSR count). The Balaban J connectivity index is 2.20. The number of hydrogen-bond donors (Lipinski definition) is 2. The molecule has 0 aliphatic carbocycles. The van der Waals surface area contributed by atoms with Gasteiger partial charge in [0, 0.05) is 6.54 Å². The van der Waals surface area contributed by atoms with Crippen molar-refractivity contribution in [3.63, 3.8) is 0 Å². The fourth-order valence-corrected chi connectivity index (χ4v) is 3.93. The van der Waals surface area contributed by atoms with Crippen LogP contribution in [0, 0.1) is 0 Å². The number of benzene rings is 2. The van der Waals surface area contributed by atoms with Crippen LogP contribution in [-0.4, -0.2) is 73.1 Å². The summed E-state index contributed by atoms with van der Waals surface area (Å²) >= 11 is 0. The molecule has 0 bridgehead atoms. The third-order valence-corrected chi connectivity index (χ3v) is 5.39. The Kier molecular flexibility index (Phi) is 7.05. The number of aliphatic hydroxyl groups excluding tert-OH is 1. The van der Waals surface area contributed by atoms with E-state index in [0.29, 0.717) is 30.0 Å². The van der Waals surface area contributed by atoms with Crippen LogP contribution in [-0.2, 0) is 9.59 Å². The van der Waals surface area contributed by atoms with Gasteiger partial charge in [-0.2, -0.15) is 0 Å². The molecule has 1 aliphatic rings. The third kappa shape index (κ3) is 4.40. The molecule has 170 valence electrons. The first-order chi connectivity index (χ1) is 15.3. The van der Waals surface area contributed by atoms with Crippen LogP contribution in [0.25, 0.3) is 5.76 Å². The molecule has 1 atom stereocenters. The van der Waals surface area contributed by atoms with Gasteiger partial charge in [-0.3, -0.25) is 9.59 Å². The summed E-state index contributed by atoms with van der Waals surface area (Å²) in [7, 11) is 6.74. The van der Waals surface area contributed by atoms with Crippen molar-refractivity contribution < 1.29 is 29.3 Å². The summed E-state index contributed by atoms with van der Waals surface area (Å²) in [6.07, 6.45) is 0.632. The molecule has 32 heavy (non-hydrogen) atoms. The summed E-state index contributed by atoms with van der Waals surface area (Å²) in [5.41, 5.74) is 0.631. The molecule has 2 aromatic rings. The van der Waals surface area contributed by atoms with Gasteiger partial charge in [-0.15, -0.1) is 0 Å². The molecule has 1 fully saturated rings. The molecule has 0 saturated carbocycles. The number of aromatic hydroxyl groups is 1. The number of rotatable bonds is 8. The zero-order chi connectivity index (χ0) is 23.4. The minimum atomic E-state index is -0.862. The number of carbonyl (C=O) groups excluding carboxylic acids is 2. The van der Waals surface area contributed by atoms with Gasteiger partial charge in [-0.1, -0.05) is 18.2 Å². The van der Waals surface area contributed by atoms with Gasteiger partial charge < -0.3 is 29.5 Å². The number of hydrogen-bond acceptors (Lipinski definition) is 7. The van der Waals surface area contributed by atoms with Gasteiger partial charge in [0.25, 0.3) is 11.7 Å². The van der Waals surface area contributed by atoms with Gasteiger partial charge in [0.2, 0.25) is 0 Å². The van der Waals surface area contributed by atoms with E-state index in [4.69, 9.17) is 9.47 Å². The number of amides is 1. The maximum atomic E-state index is 13.1. The van der Waals surface area contributed by atoms with Crippen molar-refractivity contribution in [3.05, 3.63) is 59.2 Å². The van der Waals surface area contributed by atoms with E-state index in [2.05, 4.69) is 0 Å². The Morgan fingerprint density at radius 2 is 1.69 bits per heavy atom. The first kappa shape index (κ1) is 23.1. The molecule has 0 aromatic heterocycles. The highest BCUT2D eigenvalue weighted by Crippen LogP contribution is 2.43. The van der Waals surface area contributed by atoms with E-state index < -0.39 is 17.7 Å². The van der Waals surface area contributed by atoms with Gasteiger partial charge in [0.1, 0.15) is 28.6 Å². The Morgan fingerprint density at radius 3 is 2.25 bits per heavy atom. The van der Waals surface area contributed by atoms with E-state index in [9.17, 15) is 19.8 Å². The molecule has 1 saturated heterocycles. The summed E-state index contributed by atoms with van der Waals surface area (Å²) in [4.78, 5) is 29.6. The number of nitrogens with zero attached hydrogens (tertiary/aromatic N) is 2. The highest BCUT2D eigenvalue weighted by atomic mass is 16.5. The molecular formula is C24H28N2O6. The van der Waals surface area contributed by atoms with Crippen LogP contribution in [0.5, 0.6) is 17.2 Å². The number of aliphatic hydroxyl groups is 1. The monoisotopic (exact) mass is 440 g/mol. The van der Waals surface area contributed by atoms with Crippen LogP contribution in [0.1, 0.15) is 23.6 Å². The van der Waals surface area contributed by atoms with Gasteiger partial charge in [-0.05, 0) is 56.9 Å². The smallest absolute Gasteiger partial charge is 0.295 e. The number of methoxy groups -OCH3 is 2. The molecule has 2 N–H and O–H groups in total. The van der Waals surface area contributed by atoms with E-state index in [-0.39, 0.29) is 22.6 Å². The first-order valence-corrected chi connectivity index (χ1v) is 10.2. The number of ketones is 1. The summed E-state index contributed by atoms with van der Waals surface area (Å²) in [5, 5.41) is 21.3. The number of likely N-dealkylation sites (tertiary alicyclic amines) is 1. The van der Waals surface area contributed by atoms with E-state index in [1.165, 1.54) is 31.3 Å². The lowest BCUT2D eigenvalue weighted by Crippen LogP contribution is -2.32. The minimum Gasteiger partial charge on any atom is -0.508 e. The van der Waals surface area contributed by atoms with Crippen LogP contribution in [0.2, 0.25) is 0 Å². The average Bonchev–Trinajstić information content (AvgIpc) is 3.02. The molecule has 0 radical (unpaired) electrons. The van der Waals surface area contributed by atoms with Gasteiger partial charge in [0.05, 0.1) is 25.8 Å². The van der Waals surface area contributed by atoms with Crippen molar-refractivity contribution >= 4 is 17.4 Å². The highest BCUT2D eigenvalue weighted by Gasteiger charge is 2.46. The third-order valence-electron chi connectivity index (χ3n) is 5.39. The second-order valence-electron chi connectivity index (χ2n) is 7.78. The highest BCUT2D eigenvalue weighted by molar-refractivity contribution is 6.46. The van der Waals surface area contributed by atoms with Gasteiger partial charge in [-0.25, -0.2) is 0 Å². The molecule has 8 heteroatoms. The number of phenols is 1. The average molecular weight is 440 g/mol. The normalized spacial score (nSPS) is 17.8. The van der Waals surface area contributed by atoms with E-state index in [1.807, 2.05) is 19.0 Å². The van der Waals surface area contributed by atoms with Crippen LogP contribution < -0.4 is 9.47 Å². The van der Waals surface area contributed by atoms with Crippen molar-refractivity contribution in [2.75, 3.05) is 41.4 Å². The molecule has 1 unspecified atom stereocenters. The van der Waals surface area contributed by atoms with Crippen molar-refractivity contribution in [3.8, 4) is 17.2 Å². The fourth-order valence-electron chi connectivity index (χ4n) is 3.93. The predicted molar refractivity (Wildman–Crippen MR) is 120 cm³/mol. The Bertz CT molecular complexity index is 1020. The largest absolute Gasteiger partial charge is 0.508 e. The minimum absolute atomic E-state index is 0.00347. The van der Waals surface area contributed by atoms with Gasteiger partial charge >= 0.3 is 0 Å². The maximum absolute atomic E-state index is 13.1. The molecule has 8 nitrogen and oxygen atoms in total. The Hall–Kier alpha value is -3.52. The Labute approximate surface area is 187 Å². The van der Waals surface area contributed by atoms with Crippen LogP contribution in [0.15, 0.2) is 48.0 Å². The summed E-state index contributed by atoms with van der Waals surface area (Å²) in [6.45, 7) is 1.03. The summed E-state index contributed by atoms with van der Waals surface area (Å²) in [5.74, 6) is -1.29. The van der Waals surface area contributed by atoms with Crippen LogP contribution >= 0.6 is 0 Å². The second kappa shape index (κ2) is 9.74. The van der Waals surface area contributed by atoms with Crippen molar-refractivity contribution in [1.29, 1.82) is 0 Å². The number of Topliss-reactive ketones (excluding diaryl/α,β-unsaturated/α-hetero) is 1. The molecule has 1 amide bonds.